The van der Waals surface area contributed by atoms with E-state index in [1.165, 1.54) is 6.07 Å². The molecule has 0 aliphatic heterocycles. The fourth-order valence-corrected chi connectivity index (χ4v) is 2.57. The summed E-state index contributed by atoms with van der Waals surface area (Å²) in [5, 5.41) is 10.6. The van der Waals surface area contributed by atoms with Crippen LogP contribution in [0.1, 0.15) is 25.3 Å². The second kappa shape index (κ2) is 5.56. The Morgan fingerprint density at radius 3 is 2.95 bits per heavy atom. The van der Waals surface area contributed by atoms with Crippen LogP contribution in [0.25, 0.3) is 22.2 Å². The van der Waals surface area contributed by atoms with Gasteiger partial charge in [0, 0.05) is 28.9 Å². The molecular formula is C17H17FN2O. The van der Waals surface area contributed by atoms with E-state index in [0.29, 0.717) is 11.1 Å². The molecule has 4 heteroatoms. The zero-order valence-corrected chi connectivity index (χ0v) is 11.9. The van der Waals surface area contributed by atoms with Crippen LogP contribution in [0.4, 0.5) is 4.39 Å². The number of fused-ring (bicyclic) bond motifs is 1. The van der Waals surface area contributed by atoms with E-state index in [0.717, 1.165) is 35.9 Å². The van der Waals surface area contributed by atoms with Crippen molar-refractivity contribution in [2.75, 3.05) is 0 Å². The number of aromatic hydroxyl groups is 1. The number of rotatable bonds is 4. The van der Waals surface area contributed by atoms with E-state index in [-0.39, 0.29) is 5.75 Å². The molecule has 0 aliphatic carbocycles. The van der Waals surface area contributed by atoms with Gasteiger partial charge in [0.2, 0.25) is 0 Å². The van der Waals surface area contributed by atoms with Gasteiger partial charge in [-0.15, -0.1) is 0 Å². The first-order valence-corrected chi connectivity index (χ1v) is 7.14. The molecule has 0 atom stereocenters. The van der Waals surface area contributed by atoms with Crippen LogP contribution in [0.3, 0.4) is 0 Å². The Kier molecular flexibility index (Phi) is 3.60. The molecule has 2 aromatic heterocycles. The molecule has 0 bridgehead atoms. The van der Waals surface area contributed by atoms with Gasteiger partial charge in [0.1, 0.15) is 5.65 Å². The lowest BCUT2D eigenvalue weighted by Gasteiger charge is -2.12. The van der Waals surface area contributed by atoms with Gasteiger partial charge in [0.25, 0.3) is 0 Å². The minimum Gasteiger partial charge on any atom is -0.505 e. The topological polar surface area (TPSA) is 48.9 Å². The van der Waals surface area contributed by atoms with Crippen molar-refractivity contribution in [1.29, 1.82) is 0 Å². The normalized spacial score (nSPS) is 11.1. The van der Waals surface area contributed by atoms with E-state index in [4.69, 9.17) is 0 Å². The van der Waals surface area contributed by atoms with Gasteiger partial charge in [-0.05, 0) is 36.6 Å². The molecule has 2 heterocycles. The second-order valence-corrected chi connectivity index (χ2v) is 5.18. The summed E-state index contributed by atoms with van der Waals surface area (Å²) < 4.78 is 14.4. The first kappa shape index (κ1) is 13.6. The van der Waals surface area contributed by atoms with Crippen LogP contribution >= 0.6 is 0 Å². The zero-order chi connectivity index (χ0) is 14.8. The van der Waals surface area contributed by atoms with E-state index in [2.05, 4.69) is 16.9 Å². The Bertz CT molecular complexity index is 780. The van der Waals surface area contributed by atoms with Crippen LogP contribution < -0.4 is 0 Å². The standard InChI is InChI=1S/C17H17FN2O/c1-2-3-4-11-5-6-14(21)16(18)15(11)13-9-12-7-8-19-17(12)20-10-13/h5-10,21H,2-4H2,1H3,(H,19,20). The summed E-state index contributed by atoms with van der Waals surface area (Å²) in [4.78, 5) is 7.32. The Morgan fingerprint density at radius 1 is 1.29 bits per heavy atom. The van der Waals surface area contributed by atoms with E-state index in [9.17, 15) is 9.50 Å². The number of hydrogen-bond acceptors (Lipinski definition) is 2. The summed E-state index contributed by atoms with van der Waals surface area (Å²) in [6, 6.07) is 7.02. The SMILES string of the molecule is CCCCc1ccc(O)c(F)c1-c1cnc2[nH]ccc2c1. The maximum Gasteiger partial charge on any atom is 0.172 e. The number of aromatic nitrogens is 2. The predicted octanol–water partition coefficient (Wildman–Crippen LogP) is 4.42. The largest absolute Gasteiger partial charge is 0.505 e. The smallest absolute Gasteiger partial charge is 0.172 e. The van der Waals surface area contributed by atoms with E-state index < -0.39 is 5.82 Å². The number of unbranched alkanes of at least 4 members (excludes halogenated alkanes) is 1. The molecule has 2 N–H and O–H groups in total. The van der Waals surface area contributed by atoms with Gasteiger partial charge in [0.05, 0.1) is 0 Å². The number of hydrogen-bond donors (Lipinski definition) is 2. The zero-order valence-electron chi connectivity index (χ0n) is 11.9. The molecule has 1 aromatic carbocycles. The van der Waals surface area contributed by atoms with Crippen molar-refractivity contribution in [1.82, 2.24) is 9.97 Å². The molecule has 108 valence electrons. The van der Waals surface area contributed by atoms with Crippen molar-refractivity contribution in [3.05, 3.63) is 48.0 Å². The number of aromatic amines is 1. The van der Waals surface area contributed by atoms with Crippen molar-refractivity contribution in [2.45, 2.75) is 26.2 Å². The average molecular weight is 284 g/mol. The lowest BCUT2D eigenvalue weighted by molar-refractivity contribution is 0.433. The summed E-state index contributed by atoms with van der Waals surface area (Å²) in [5.74, 6) is -0.889. The molecule has 0 spiro atoms. The summed E-state index contributed by atoms with van der Waals surface area (Å²) in [5.41, 5.74) is 2.83. The molecule has 21 heavy (non-hydrogen) atoms. The Hall–Kier alpha value is -2.36. The maximum absolute atomic E-state index is 14.4. The van der Waals surface area contributed by atoms with Gasteiger partial charge in [-0.25, -0.2) is 9.37 Å². The van der Waals surface area contributed by atoms with Crippen LogP contribution in [-0.4, -0.2) is 15.1 Å². The van der Waals surface area contributed by atoms with Crippen molar-refractivity contribution < 1.29 is 9.50 Å². The van der Waals surface area contributed by atoms with Crippen LogP contribution in [0.5, 0.6) is 5.75 Å². The van der Waals surface area contributed by atoms with Crippen LogP contribution in [0.15, 0.2) is 36.7 Å². The number of benzene rings is 1. The average Bonchev–Trinajstić information content (AvgIpc) is 2.96. The summed E-state index contributed by atoms with van der Waals surface area (Å²) >= 11 is 0. The number of aryl methyl sites for hydroxylation is 1. The van der Waals surface area contributed by atoms with Crippen LogP contribution in [0, 0.1) is 5.82 Å². The monoisotopic (exact) mass is 284 g/mol. The summed E-state index contributed by atoms with van der Waals surface area (Å²) in [6.45, 7) is 2.10. The molecule has 0 fully saturated rings. The molecule has 0 saturated heterocycles. The Balaban J connectivity index is 2.16. The molecule has 0 aliphatic rings. The number of pyridine rings is 1. The predicted molar refractivity (Wildman–Crippen MR) is 81.8 cm³/mol. The fraction of sp³-hybridized carbons (Fsp3) is 0.235. The highest BCUT2D eigenvalue weighted by Gasteiger charge is 2.15. The third-order valence-electron chi connectivity index (χ3n) is 3.70. The van der Waals surface area contributed by atoms with Crippen molar-refractivity contribution >= 4 is 11.0 Å². The van der Waals surface area contributed by atoms with Gasteiger partial charge in [-0.2, -0.15) is 0 Å². The number of H-pyrrole nitrogens is 1. The van der Waals surface area contributed by atoms with Crippen molar-refractivity contribution in [2.24, 2.45) is 0 Å². The van der Waals surface area contributed by atoms with E-state index >= 15 is 0 Å². The van der Waals surface area contributed by atoms with Gasteiger partial charge in [-0.3, -0.25) is 0 Å². The molecule has 3 aromatic rings. The minimum atomic E-state index is -0.569. The molecule has 0 radical (unpaired) electrons. The highest BCUT2D eigenvalue weighted by molar-refractivity contribution is 5.82. The summed E-state index contributed by atoms with van der Waals surface area (Å²) in [7, 11) is 0. The van der Waals surface area contributed by atoms with Crippen LogP contribution in [-0.2, 0) is 6.42 Å². The molecule has 3 nitrogen and oxygen atoms in total. The number of nitrogens with one attached hydrogen (secondary N) is 1. The third-order valence-corrected chi connectivity index (χ3v) is 3.70. The van der Waals surface area contributed by atoms with Gasteiger partial charge >= 0.3 is 0 Å². The number of phenolic OH excluding ortho intramolecular Hbond substituents is 1. The molecule has 0 saturated carbocycles. The van der Waals surface area contributed by atoms with E-state index in [1.54, 1.807) is 18.5 Å². The van der Waals surface area contributed by atoms with E-state index in [1.807, 2.05) is 12.1 Å². The highest BCUT2D eigenvalue weighted by atomic mass is 19.1. The second-order valence-electron chi connectivity index (χ2n) is 5.18. The first-order valence-electron chi connectivity index (χ1n) is 7.14. The lowest BCUT2D eigenvalue weighted by atomic mass is 9.96. The minimum absolute atomic E-state index is 0.320. The lowest BCUT2D eigenvalue weighted by Crippen LogP contribution is -1.95. The van der Waals surface area contributed by atoms with Crippen molar-refractivity contribution in [3.8, 4) is 16.9 Å². The maximum atomic E-state index is 14.4. The highest BCUT2D eigenvalue weighted by Crippen LogP contribution is 2.33. The molecule has 3 rings (SSSR count). The van der Waals surface area contributed by atoms with Gasteiger partial charge < -0.3 is 10.1 Å². The van der Waals surface area contributed by atoms with Gasteiger partial charge in [0.15, 0.2) is 11.6 Å². The summed E-state index contributed by atoms with van der Waals surface area (Å²) in [6.07, 6.45) is 6.26. The first-order chi connectivity index (χ1) is 10.2. The quantitative estimate of drug-likeness (QED) is 0.745. The number of nitrogens with zero attached hydrogens (tertiary/aromatic N) is 1. The van der Waals surface area contributed by atoms with Gasteiger partial charge in [-0.1, -0.05) is 19.4 Å². The van der Waals surface area contributed by atoms with Crippen LogP contribution in [0.2, 0.25) is 0 Å². The number of halogens is 1. The third kappa shape index (κ3) is 2.49. The molecular weight excluding hydrogens is 267 g/mol. The molecule has 0 unspecified atom stereocenters. The Morgan fingerprint density at radius 2 is 2.14 bits per heavy atom. The number of phenols is 1. The Labute approximate surface area is 122 Å². The molecule has 0 amide bonds. The fourth-order valence-electron chi connectivity index (χ4n) is 2.57. The van der Waals surface area contributed by atoms with Crippen molar-refractivity contribution in [3.63, 3.8) is 0 Å².